The van der Waals surface area contributed by atoms with Crippen molar-refractivity contribution in [2.24, 2.45) is 0 Å². The second-order valence-corrected chi connectivity index (χ2v) is 4.09. The lowest BCUT2D eigenvalue weighted by Gasteiger charge is -2.05. The van der Waals surface area contributed by atoms with E-state index in [1.165, 1.54) is 0 Å². The fourth-order valence-corrected chi connectivity index (χ4v) is 2.25. The number of aryl methyl sites for hydroxylation is 1. The highest BCUT2D eigenvalue weighted by Crippen LogP contribution is 2.39. The minimum Gasteiger partial charge on any atom is -0.497 e. The normalized spacial score (nSPS) is 12.2. The summed E-state index contributed by atoms with van der Waals surface area (Å²) in [6.45, 7) is 1.99. The third-order valence-electron chi connectivity index (χ3n) is 3.12. The largest absolute Gasteiger partial charge is 0.497 e. The standard InChI is InChI=1S/C14H11NO2/c1-8-5-6-15-13-12(8)11-7-9(17-2)3-4-10(11)14(13)16/h3-7H,1-2H3. The summed E-state index contributed by atoms with van der Waals surface area (Å²) in [5, 5.41) is 0. The molecule has 0 atom stereocenters. The van der Waals surface area contributed by atoms with Gasteiger partial charge in [-0.3, -0.25) is 9.78 Å². The molecule has 0 spiro atoms. The number of ether oxygens (including phenoxy) is 1. The van der Waals surface area contributed by atoms with Gasteiger partial charge in [-0.15, -0.1) is 0 Å². The Bertz CT molecular complexity index is 632. The topological polar surface area (TPSA) is 39.2 Å². The molecule has 1 aromatic heterocycles. The van der Waals surface area contributed by atoms with Crippen LogP contribution in [0.4, 0.5) is 0 Å². The van der Waals surface area contributed by atoms with Crippen LogP contribution in [-0.2, 0) is 0 Å². The molecular weight excluding hydrogens is 214 g/mol. The first-order valence-electron chi connectivity index (χ1n) is 5.41. The van der Waals surface area contributed by atoms with Crippen LogP contribution in [0.2, 0.25) is 0 Å². The predicted molar refractivity (Wildman–Crippen MR) is 64.4 cm³/mol. The summed E-state index contributed by atoms with van der Waals surface area (Å²) in [6, 6.07) is 7.42. The molecule has 1 aliphatic carbocycles. The van der Waals surface area contributed by atoms with Gasteiger partial charge in [-0.2, -0.15) is 0 Å². The molecular formula is C14H11NO2. The number of rotatable bonds is 1. The number of hydrogen-bond donors (Lipinski definition) is 0. The van der Waals surface area contributed by atoms with Crippen LogP contribution in [0.1, 0.15) is 21.6 Å². The van der Waals surface area contributed by atoms with E-state index in [0.29, 0.717) is 11.3 Å². The molecule has 0 N–H and O–H groups in total. The molecule has 0 radical (unpaired) electrons. The average molecular weight is 225 g/mol. The van der Waals surface area contributed by atoms with Gasteiger partial charge in [0.05, 0.1) is 7.11 Å². The molecule has 1 aliphatic rings. The van der Waals surface area contributed by atoms with Gasteiger partial charge in [-0.25, -0.2) is 0 Å². The van der Waals surface area contributed by atoms with Crippen molar-refractivity contribution >= 4 is 5.78 Å². The van der Waals surface area contributed by atoms with Crippen molar-refractivity contribution < 1.29 is 9.53 Å². The van der Waals surface area contributed by atoms with E-state index in [0.717, 1.165) is 22.4 Å². The second-order valence-electron chi connectivity index (χ2n) is 4.09. The summed E-state index contributed by atoms with van der Waals surface area (Å²) in [5.74, 6) is 0.758. The minimum absolute atomic E-state index is 0.00125. The molecule has 0 saturated heterocycles. The lowest BCUT2D eigenvalue weighted by molar-refractivity contribution is 0.103. The Morgan fingerprint density at radius 3 is 2.76 bits per heavy atom. The number of fused-ring (bicyclic) bond motifs is 3. The maximum absolute atomic E-state index is 12.1. The molecule has 0 unspecified atom stereocenters. The highest BCUT2D eigenvalue weighted by atomic mass is 16.5. The van der Waals surface area contributed by atoms with E-state index in [1.54, 1.807) is 25.4 Å². The third-order valence-corrected chi connectivity index (χ3v) is 3.12. The lowest BCUT2D eigenvalue weighted by Crippen LogP contribution is -1.98. The molecule has 2 aromatic rings. The summed E-state index contributed by atoms with van der Waals surface area (Å²) in [5.41, 5.74) is 4.19. The van der Waals surface area contributed by atoms with Crippen molar-refractivity contribution in [2.75, 3.05) is 7.11 Å². The number of ketones is 1. The summed E-state index contributed by atoms with van der Waals surface area (Å²) in [7, 11) is 1.62. The molecule has 0 saturated carbocycles. The Hall–Kier alpha value is -2.16. The highest BCUT2D eigenvalue weighted by Gasteiger charge is 2.29. The maximum atomic E-state index is 12.1. The Morgan fingerprint density at radius 1 is 1.18 bits per heavy atom. The first-order chi connectivity index (χ1) is 8.22. The summed E-state index contributed by atoms with van der Waals surface area (Å²) >= 11 is 0. The van der Waals surface area contributed by atoms with Gasteiger partial charge in [-0.1, -0.05) is 0 Å². The fraction of sp³-hybridized carbons (Fsp3) is 0.143. The van der Waals surface area contributed by atoms with Crippen molar-refractivity contribution in [2.45, 2.75) is 6.92 Å². The number of methoxy groups -OCH3 is 1. The van der Waals surface area contributed by atoms with E-state index >= 15 is 0 Å². The van der Waals surface area contributed by atoms with E-state index in [9.17, 15) is 4.79 Å². The van der Waals surface area contributed by atoms with Gasteiger partial charge in [0.2, 0.25) is 5.78 Å². The smallest absolute Gasteiger partial charge is 0.212 e. The Kier molecular flexibility index (Phi) is 2.01. The van der Waals surface area contributed by atoms with E-state index < -0.39 is 0 Å². The zero-order valence-electron chi connectivity index (χ0n) is 9.65. The minimum atomic E-state index is 0.00125. The lowest BCUT2D eigenvalue weighted by atomic mass is 10.0. The van der Waals surface area contributed by atoms with Gasteiger partial charge in [0.1, 0.15) is 11.4 Å². The van der Waals surface area contributed by atoms with Gasteiger partial charge >= 0.3 is 0 Å². The molecule has 17 heavy (non-hydrogen) atoms. The predicted octanol–water partition coefficient (Wildman–Crippen LogP) is 2.61. The van der Waals surface area contributed by atoms with Crippen LogP contribution < -0.4 is 4.74 Å². The third kappa shape index (κ3) is 1.29. The van der Waals surface area contributed by atoms with Crippen LogP contribution in [0.25, 0.3) is 11.1 Å². The van der Waals surface area contributed by atoms with Gasteiger partial charge in [0.25, 0.3) is 0 Å². The van der Waals surface area contributed by atoms with E-state index in [-0.39, 0.29) is 5.78 Å². The molecule has 0 aliphatic heterocycles. The molecule has 3 heteroatoms. The molecule has 1 aromatic carbocycles. The second kappa shape index (κ2) is 3.42. The number of carbonyl (C=O) groups excluding carboxylic acids is 1. The zero-order chi connectivity index (χ0) is 12.0. The molecule has 0 fully saturated rings. The first-order valence-corrected chi connectivity index (χ1v) is 5.41. The number of pyridine rings is 1. The number of aromatic nitrogens is 1. The van der Waals surface area contributed by atoms with E-state index in [1.807, 2.05) is 19.1 Å². The van der Waals surface area contributed by atoms with Gasteiger partial charge in [-0.05, 0) is 42.3 Å². The Morgan fingerprint density at radius 2 is 2.00 bits per heavy atom. The van der Waals surface area contributed by atoms with E-state index in [2.05, 4.69) is 4.98 Å². The molecule has 1 heterocycles. The SMILES string of the molecule is COc1ccc2c(c1)-c1c(C)ccnc1C2=O. The van der Waals surface area contributed by atoms with Gasteiger partial charge < -0.3 is 4.74 Å². The molecule has 3 rings (SSSR count). The number of hydrogen-bond acceptors (Lipinski definition) is 3. The molecule has 3 nitrogen and oxygen atoms in total. The number of carbonyl (C=O) groups is 1. The van der Waals surface area contributed by atoms with Crippen molar-refractivity contribution in [1.29, 1.82) is 0 Å². The highest BCUT2D eigenvalue weighted by molar-refractivity contribution is 6.21. The monoisotopic (exact) mass is 225 g/mol. The van der Waals surface area contributed by atoms with Crippen LogP contribution in [-0.4, -0.2) is 17.9 Å². The molecule has 0 amide bonds. The molecule has 84 valence electrons. The van der Waals surface area contributed by atoms with Crippen molar-refractivity contribution in [1.82, 2.24) is 4.98 Å². The maximum Gasteiger partial charge on any atom is 0.212 e. The summed E-state index contributed by atoms with van der Waals surface area (Å²) in [4.78, 5) is 16.3. The molecule has 0 bridgehead atoms. The van der Waals surface area contributed by atoms with Crippen LogP contribution in [0.5, 0.6) is 5.75 Å². The van der Waals surface area contributed by atoms with Crippen molar-refractivity contribution in [3.8, 4) is 16.9 Å². The summed E-state index contributed by atoms with van der Waals surface area (Å²) in [6.07, 6.45) is 1.68. The Labute approximate surface area is 99.1 Å². The van der Waals surface area contributed by atoms with Crippen LogP contribution >= 0.6 is 0 Å². The quantitative estimate of drug-likeness (QED) is 0.639. The zero-order valence-corrected chi connectivity index (χ0v) is 9.65. The Balaban J connectivity index is 2.35. The van der Waals surface area contributed by atoms with Gasteiger partial charge in [0, 0.05) is 17.3 Å². The van der Waals surface area contributed by atoms with E-state index in [4.69, 9.17) is 4.74 Å². The van der Waals surface area contributed by atoms with Gasteiger partial charge in [0.15, 0.2) is 0 Å². The van der Waals surface area contributed by atoms with Crippen LogP contribution in [0.15, 0.2) is 30.5 Å². The van der Waals surface area contributed by atoms with Crippen LogP contribution in [0, 0.1) is 6.92 Å². The number of benzene rings is 1. The number of nitrogens with zero attached hydrogens (tertiary/aromatic N) is 1. The summed E-state index contributed by atoms with van der Waals surface area (Å²) < 4.78 is 5.20. The van der Waals surface area contributed by atoms with Crippen LogP contribution in [0.3, 0.4) is 0 Å². The average Bonchev–Trinajstić information content (AvgIpc) is 2.64. The van der Waals surface area contributed by atoms with Crippen molar-refractivity contribution in [3.63, 3.8) is 0 Å². The first kappa shape index (κ1) is 10.0. The fourth-order valence-electron chi connectivity index (χ4n) is 2.25. The van der Waals surface area contributed by atoms with Crippen molar-refractivity contribution in [3.05, 3.63) is 47.3 Å².